The Balaban J connectivity index is 2.31. The second kappa shape index (κ2) is 4.52. The normalized spacial score (nSPS) is 10.9. The van der Waals surface area contributed by atoms with E-state index in [0.717, 1.165) is 10.2 Å². The Morgan fingerprint density at radius 3 is 2.56 bits per heavy atom. The molecule has 0 aliphatic heterocycles. The van der Waals surface area contributed by atoms with Crippen LogP contribution in [0.15, 0.2) is 41.7 Å². The molecule has 0 spiro atoms. The molecule has 0 unspecified atom stereocenters. The molecule has 0 bridgehead atoms. The maximum Gasteiger partial charge on any atom is 0.291 e. The second-order valence-electron chi connectivity index (χ2n) is 3.06. The van der Waals surface area contributed by atoms with E-state index in [1.54, 1.807) is 0 Å². The summed E-state index contributed by atoms with van der Waals surface area (Å²) in [6.07, 6.45) is 1.53. The molecule has 0 saturated heterocycles. The van der Waals surface area contributed by atoms with Gasteiger partial charge >= 0.3 is 0 Å². The van der Waals surface area contributed by atoms with Crippen LogP contribution in [-0.2, 0) is 0 Å². The lowest BCUT2D eigenvalue weighted by atomic mass is 10.2. The third-order valence-electron chi connectivity index (χ3n) is 1.96. The van der Waals surface area contributed by atoms with Gasteiger partial charge in [-0.15, -0.1) is 0 Å². The zero-order valence-electron chi connectivity index (χ0n) is 8.18. The van der Waals surface area contributed by atoms with Crippen LogP contribution >= 0.6 is 11.8 Å². The summed E-state index contributed by atoms with van der Waals surface area (Å²) in [4.78, 5) is 4.04. The average molecular weight is 241 g/mol. The maximum absolute atomic E-state index is 12.2. The zero-order valence-corrected chi connectivity index (χ0v) is 8.99. The van der Waals surface area contributed by atoms with Crippen LogP contribution in [0.1, 0.15) is 0 Å². The van der Waals surface area contributed by atoms with Gasteiger partial charge in [0.05, 0.1) is 11.9 Å². The van der Waals surface area contributed by atoms with Crippen LogP contribution in [0, 0.1) is 0 Å². The van der Waals surface area contributed by atoms with E-state index in [1.165, 1.54) is 6.20 Å². The van der Waals surface area contributed by atoms with E-state index in [9.17, 15) is 8.78 Å². The maximum atomic E-state index is 12.2. The summed E-state index contributed by atoms with van der Waals surface area (Å²) in [5, 5.41) is 0.105. The summed E-state index contributed by atoms with van der Waals surface area (Å²) in [6.45, 7) is 0. The number of nitrogens with zero attached hydrogens (tertiary/aromatic N) is 2. The fraction of sp³-hybridized carbons (Fsp3) is 0.100. The molecule has 0 amide bonds. The highest BCUT2D eigenvalue weighted by molar-refractivity contribution is 7.99. The van der Waals surface area contributed by atoms with Gasteiger partial charge in [0.2, 0.25) is 0 Å². The number of hydrogen-bond acceptors (Lipinski definition) is 3. The van der Waals surface area contributed by atoms with Crippen LogP contribution in [0.25, 0.3) is 11.3 Å². The van der Waals surface area contributed by atoms with Gasteiger partial charge in [0.15, 0.2) is 5.16 Å². The van der Waals surface area contributed by atoms with Crippen molar-refractivity contribution in [3.63, 3.8) is 0 Å². The van der Waals surface area contributed by atoms with Gasteiger partial charge in [0.1, 0.15) is 0 Å². The summed E-state index contributed by atoms with van der Waals surface area (Å²) in [7, 11) is 0. The van der Waals surface area contributed by atoms with Gasteiger partial charge in [-0.3, -0.25) is 0 Å². The molecular formula is C10H9F2N3S. The second-order valence-corrected chi connectivity index (χ2v) is 4.02. The first kappa shape index (κ1) is 10.9. The summed E-state index contributed by atoms with van der Waals surface area (Å²) >= 11 is 0.334. The van der Waals surface area contributed by atoms with Crippen LogP contribution in [0.5, 0.6) is 0 Å². The molecular weight excluding hydrogens is 232 g/mol. The number of benzene rings is 1. The molecule has 0 fully saturated rings. The Morgan fingerprint density at radius 1 is 1.25 bits per heavy atom. The van der Waals surface area contributed by atoms with E-state index in [-0.39, 0.29) is 5.16 Å². The number of imidazole rings is 1. The minimum atomic E-state index is -2.52. The minimum Gasteiger partial charge on any atom is -0.337 e. The molecule has 0 saturated carbocycles. The third-order valence-corrected chi connectivity index (χ3v) is 2.65. The van der Waals surface area contributed by atoms with Gasteiger partial charge in [-0.25, -0.2) is 9.66 Å². The molecule has 6 heteroatoms. The molecule has 84 valence electrons. The standard InChI is InChI=1S/C10H9F2N3S/c11-9(12)16-10-14-8(6-15(10)13)7-4-2-1-3-5-7/h1-6,9H,13H2. The smallest absolute Gasteiger partial charge is 0.291 e. The Kier molecular flexibility index (Phi) is 3.09. The first-order valence-electron chi connectivity index (χ1n) is 4.51. The molecule has 1 heterocycles. The van der Waals surface area contributed by atoms with Crippen LogP contribution in [0.2, 0.25) is 0 Å². The summed E-state index contributed by atoms with van der Waals surface area (Å²) < 4.78 is 25.4. The lowest BCUT2D eigenvalue weighted by Crippen LogP contribution is -2.08. The number of nitrogen functional groups attached to an aromatic ring is 1. The van der Waals surface area contributed by atoms with E-state index in [0.29, 0.717) is 17.5 Å². The molecule has 2 aromatic rings. The van der Waals surface area contributed by atoms with Gasteiger partial charge in [0, 0.05) is 5.56 Å². The number of alkyl halides is 2. The molecule has 2 N–H and O–H groups in total. The molecule has 1 aromatic heterocycles. The number of thioether (sulfide) groups is 1. The molecule has 0 radical (unpaired) electrons. The van der Waals surface area contributed by atoms with Crippen molar-refractivity contribution in [2.45, 2.75) is 10.9 Å². The fourth-order valence-electron chi connectivity index (χ4n) is 1.29. The summed E-state index contributed by atoms with van der Waals surface area (Å²) in [5.74, 6) is 3.01. The van der Waals surface area contributed by atoms with Gasteiger partial charge < -0.3 is 5.84 Å². The lowest BCUT2D eigenvalue weighted by Gasteiger charge is -1.97. The number of hydrogen-bond donors (Lipinski definition) is 1. The van der Waals surface area contributed by atoms with E-state index in [2.05, 4.69) is 4.98 Å². The van der Waals surface area contributed by atoms with Crippen LogP contribution in [0.3, 0.4) is 0 Å². The predicted octanol–water partition coefficient (Wildman–Crippen LogP) is 2.58. The van der Waals surface area contributed by atoms with Crippen molar-refractivity contribution in [1.82, 2.24) is 9.66 Å². The van der Waals surface area contributed by atoms with E-state index in [4.69, 9.17) is 5.84 Å². The number of aromatic nitrogens is 2. The molecule has 0 aliphatic rings. The van der Waals surface area contributed by atoms with Crippen LogP contribution in [-0.4, -0.2) is 15.4 Å². The first-order chi connectivity index (χ1) is 7.66. The fourth-order valence-corrected chi connectivity index (χ4v) is 1.78. The topological polar surface area (TPSA) is 43.8 Å². The Bertz CT molecular complexity index is 470. The monoisotopic (exact) mass is 241 g/mol. The Hall–Kier alpha value is -1.56. The Labute approximate surface area is 95.3 Å². The average Bonchev–Trinajstić information content (AvgIpc) is 2.61. The van der Waals surface area contributed by atoms with Gasteiger partial charge in [-0.2, -0.15) is 8.78 Å². The van der Waals surface area contributed by atoms with Crippen LogP contribution < -0.4 is 5.84 Å². The van der Waals surface area contributed by atoms with E-state index < -0.39 is 5.76 Å². The van der Waals surface area contributed by atoms with Crippen molar-refractivity contribution < 1.29 is 8.78 Å². The number of nitrogens with two attached hydrogens (primary N) is 1. The summed E-state index contributed by atoms with van der Waals surface area (Å²) in [5.41, 5.74) is 1.44. The largest absolute Gasteiger partial charge is 0.337 e. The van der Waals surface area contributed by atoms with Crippen molar-refractivity contribution in [3.05, 3.63) is 36.5 Å². The molecule has 1 aromatic carbocycles. The third kappa shape index (κ3) is 2.33. The van der Waals surface area contributed by atoms with Crippen LogP contribution in [0.4, 0.5) is 8.78 Å². The van der Waals surface area contributed by atoms with E-state index >= 15 is 0 Å². The molecule has 16 heavy (non-hydrogen) atoms. The quantitative estimate of drug-likeness (QED) is 0.663. The highest BCUT2D eigenvalue weighted by atomic mass is 32.2. The van der Waals surface area contributed by atoms with Gasteiger partial charge in [-0.05, 0) is 11.8 Å². The van der Waals surface area contributed by atoms with Gasteiger partial charge in [-0.1, -0.05) is 30.3 Å². The van der Waals surface area contributed by atoms with Crippen molar-refractivity contribution >= 4 is 11.8 Å². The molecule has 0 atom stereocenters. The van der Waals surface area contributed by atoms with E-state index in [1.807, 2.05) is 30.3 Å². The highest BCUT2D eigenvalue weighted by Crippen LogP contribution is 2.26. The highest BCUT2D eigenvalue weighted by Gasteiger charge is 2.13. The lowest BCUT2D eigenvalue weighted by molar-refractivity contribution is 0.251. The number of halogens is 2. The first-order valence-corrected chi connectivity index (χ1v) is 5.39. The van der Waals surface area contributed by atoms with Crippen molar-refractivity contribution in [2.75, 3.05) is 5.84 Å². The van der Waals surface area contributed by atoms with Gasteiger partial charge in [0.25, 0.3) is 5.76 Å². The van der Waals surface area contributed by atoms with Crippen molar-refractivity contribution in [1.29, 1.82) is 0 Å². The number of rotatable bonds is 3. The molecule has 3 nitrogen and oxygen atoms in total. The summed E-state index contributed by atoms with van der Waals surface area (Å²) in [6, 6.07) is 9.27. The minimum absolute atomic E-state index is 0.105. The van der Waals surface area contributed by atoms with Crippen molar-refractivity contribution in [3.8, 4) is 11.3 Å². The predicted molar refractivity (Wildman–Crippen MR) is 59.7 cm³/mol. The van der Waals surface area contributed by atoms with Crippen molar-refractivity contribution in [2.24, 2.45) is 0 Å². The Morgan fingerprint density at radius 2 is 1.94 bits per heavy atom. The molecule has 2 rings (SSSR count). The SMILES string of the molecule is Nn1cc(-c2ccccc2)nc1SC(F)F. The molecule has 0 aliphatic carbocycles. The zero-order chi connectivity index (χ0) is 11.5.